The number of carbonyl (C=O) groups is 2. The van der Waals surface area contributed by atoms with Crippen LogP contribution in [0.5, 0.6) is 0 Å². The minimum Gasteiger partial charge on any atom is -0.450 e. The Kier molecular flexibility index (Phi) is 5.14. The van der Waals surface area contributed by atoms with Gasteiger partial charge in [-0.3, -0.25) is 19.7 Å². The summed E-state index contributed by atoms with van der Waals surface area (Å²) in [6.07, 6.45) is 3.94. The van der Waals surface area contributed by atoms with Crippen LogP contribution in [0.15, 0.2) is 30.3 Å². The summed E-state index contributed by atoms with van der Waals surface area (Å²) in [6.45, 7) is 3.49. The topological polar surface area (TPSA) is 86.5 Å². The van der Waals surface area contributed by atoms with E-state index in [2.05, 4.69) is 0 Å². The fourth-order valence-corrected chi connectivity index (χ4v) is 4.90. The van der Waals surface area contributed by atoms with Crippen LogP contribution < -0.4 is 0 Å². The van der Waals surface area contributed by atoms with Crippen molar-refractivity contribution in [2.45, 2.75) is 57.5 Å². The van der Waals surface area contributed by atoms with Crippen LogP contribution in [-0.2, 0) is 14.3 Å². The van der Waals surface area contributed by atoms with E-state index in [1.54, 1.807) is 31.2 Å². The number of ether oxygens (including phenoxy) is 1. The molecule has 1 spiro atoms. The zero-order valence-electron chi connectivity index (χ0n) is 16.9. The lowest BCUT2D eigenvalue weighted by atomic mass is 9.77. The third-order valence-electron chi connectivity index (χ3n) is 6.29. The predicted octanol–water partition coefficient (Wildman–Crippen LogP) is 5.44. The van der Waals surface area contributed by atoms with Crippen molar-refractivity contribution in [3.8, 4) is 11.1 Å². The second-order valence-electron chi connectivity index (χ2n) is 8.22. The Balaban J connectivity index is 1.74. The fourth-order valence-electron chi connectivity index (χ4n) is 4.61. The summed E-state index contributed by atoms with van der Waals surface area (Å²) in [7, 11) is 0. The molecule has 2 aromatic rings. The number of carbonyl (C=O) groups excluding carboxylic acids is 2. The molecule has 2 aliphatic rings. The van der Waals surface area contributed by atoms with Gasteiger partial charge in [-0.15, -0.1) is 0 Å². The first-order chi connectivity index (χ1) is 14.2. The van der Waals surface area contributed by atoms with Crippen molar-refractivity contribution in [1.82, 2.24) is 0 Å². The molecule has 6 nitrogen and oxygen atoms in total. The summed E-state index contributed by atoms with van der Waals surface area (Å²) in [5, 5.41) is 11.6. The van der Waals surface area contributed by atoms with Crippen LogP contribution in [0.2, 0.25) is 5.02 Å². The minimum absolute atomic E-state index is 0.0130. The van der Waals surface area contributed by atoms with Gasteiger partial charge in [-0.2, -0.15) is 0 Å². The summed E-state index contributed by atoms with van der Waals surface area (Å²) >= 11 is 6.53. The molecule has 7 heteroatoms. The summed E-state index contributed by atoms with van der Waals surface area (Å²) in [4.78, 5) is 36.7. The number of benzene rings is 2. The van der Waals surface area contributed by atoms with Crippen molar-refractivity contribution in [2.75, 3.05) is 0 Å². The van der Waals surface area contributed by atoms with E-state index in [0.29, 0.717) is 40.1 Å². The number of ketones is 1. The van der Waals surface area contributed by atoms with Gasteiger partial charge in [0.1, 0.15) is 5.92 Å². The molecule has 2 fully saturated rings. The molecule has 1 unspecified atom stereocenters. The maximum absolute atomic E-state index is 13.2. The lowest BCUT2D eigenvalue weighted by Crippen LogP contribution is -2.39. The van der Waals surface area contributed by atoms with E-state index >= 15 is 0 Å². The maximum atomic E-state index is 13.2. The SMILES string of the molecule is Cc1cc(-c2ccc(C)c([N+](=O)[O-])c2)c(Cl)cc1C1C(=O)OC2(CCCCC2)C1=O. The molecule has 0 N–H and O–H groups in total. The first kappa shape index (κ1) is 20.5. The molecule has 1 saturated carbocycles. The van der Waals surface area contributed by atoms with E-state index in [1.807, 2.05) is 6.92 Å². The number of rotatable bonds is 3. The molecule has 1 aliphatic carbocycles. The number of halogens is 1. The van der Waals surface area contributed by atoms with Crippen LogP contribution in [0.1, 0.15) is 54.7 Å². The molecule has 0 bridgehead atoms. The molecule has 1 heterocycles. The first-order valence-corrected chi connectivity index (χ1v) is 10.4. The fraction of sp³-hybridized carbons (Fsp3) is 0.391. The van der Waals surface area contributed by atoms with Crippen LogP contribution >= 0.6 is 11.6 Å². The summed E-state index contributed by atoms with van der Waals surface area (Å²) in [5.41, 5.74) is 2.08. The highest BCUT2D eigenvalue weighted by molar-refractivity contribution is 6.33. The van der Waals surface area contributed by atoms with E-state index in [1.165, 1.54) is 6.07 Å². The van der Waals surface area contributed by atoms with E-state index in [9.17, 15) is 19.7 Å². The van der Waals surface area contributed by atoms with Gasteiger partial charge in [0.05, 0.1) is 4.92 Å². The summed E-state index contributed by atoms with van der Waals surface area (Å²) in [5.74, 6) is -1.66. The van der Waals surface area contributed by atoms with Crippen LogP contribution in [-0.4, -0.2) is 22.3 Å². The van der Waals surface area contributed by atoms with Gasteiger partial charge in [0.25, 0.3) is 5.69 Å². The number of esters is 1. The quantitative estimate of drug-likeness (QED) is 0.281. The Labute approximate surface area is 179 Å². The van der Waals surface area contributed by atoms with Gasteiger partial charge < -0.3 is 4.74 Å². The molecule has 0 amide bonds. The molecule has 156 valence electrons. The Morgan fingerprint density at radius 3 is 2.43 bits per heavy atom. The van der Waals surface area contributed by atoms with Crippen LogP contribution in [0.4, 0.5) is 5.69 Å². The molecule has 4 rings (SSSR count). The van der Waals surface area contributed by atoms with Gasteiger partial charge in [0.15, 0.2) is 11.4 Å². The molecule has 1 aliphatic heterocycles. The smallest absolute Gasteiger partial charge is 0.322 e. The molecular weight excluding hydrogens is 406 g/mol. The van der Waals surface area contributed by atoms with Crippen LogP contribution in [0, 0.1) is 24.0 Å². The Hall–Kier alpha value is -2.73. The number of aryl methyl sites for hydroxylation is 2. The highest BCUT2D eigenvalue weighted by Gasteiger charge is 2.55. The first-order valence-electron chi connectivity index (χ1n) is 10.1. The standard InChI is InChI=1S/C23H22ClNO5/c1-13-6-7-15(11-19(13)25(28)29)17-10-14(2)16(12-18(17)24)20-21(26)23(30-22(20)27)8-4-3-5-9-23/h6-7,10-12,20H,3-5,8-9H2,1-2H3. The zero-order valence-corrected chi connectivity index (χ0v) is 17.6. The van der Waals surface area contributed by atoms with Gasteiger partial charge in [-0.05, 0) is 68.4 Å². The predicted molar refractivity (Wildman–Crippen MR) is 113 cm³/mol. The number of Topliss-reactive ketones (excluding diaryl/α,β-unsaturated/α-hetero) is 1. The number of hydrogen-bond acceptors (Lipinski definition) is 5. The van der Waals surface area contributed by atoms with Gasteiger partial charge >= 0.3 is 5.97 Å². The second-order valence-corrected chi connectivity index (χ2v) is 8.63. The van der Waals surface area contributed by atoms with Crippen molar-refractivity contribution in [1.29, 1.82) is 0 Å². The lowest BCUT2D eigenvalue weighted by Gasteiger charge is -2.29. The lowest BCUT2D eigenvalue weighted by molar-refractivity contribution is -0.385. The average Bonchev–Trinajstić information content (AvgIpc) is 2.93. The Morgan fingerprint density at radius 1 is 1.07 bits per heavy atom. The maximum Gasteiger partial charge on any atom is 0.322 e. The number of nitro groups is 1. The van der Waals surface area contributed by atoms with Gasteiger partial charge in [-0.25, -0.2) is 0 Å². The largest absolute Gasteiger partial charge is 0.450 e. The molecule has 1 atom stereocenters. The van der Waals surface area contributed by atoms with Crippen molar-refractivity contribution >= 4 is 29.0 Å². The van der Waals surface area contributed by atoms with E-state index in [4.69, 9.17) is 16.3 Å². The third kappa shape index (κ3) is 3.29. The Bertz CT molecular complexity index is 1070. The monoisotopic (exact) mass is 427 g/mol. The normalized spacial score (nSPS) is 20.4. The van der Waals surface area contributed by atoms with E-state index in [0.717, 1.165) is 24.8 Å². The summed E-state index contributed by atoms with van der Waals surface area (Å²) < 4.78 is 5.63. The third-order valence-corrected chi connectivity index (χ3v) is 6.60. The highest BCUT2D eigenvalue weighted by Crippen LogP contribution is 2.45. The molecule has 1 saturated heterocycles. The van der Waals surface area contributed by atoms with Crippen molar-refractivity contribution in [2.24, 2.45) is 0 Å². The molecule has 30 heavy (non-hydrogen) atoms. The number of nitro benzene ring substituents is 1. The van der Waals surface area contributed by atoms with E-state index < -0.39 is 22.4 Å². The van der Waals surface area contributed by atoms with Gasteiger partial charge in [0.2, 0.25) is 0 Å². The average molecular weight is 428 g/mol. The Morgan fingerprint density at radius 2 is 1.77 bits per heavy atom. The highest BCUT2D eigenvalue weighted by atomic mass is 35.5. The molecular formula is C23H22ClNO5. The van der Waals surface area contributed by atoms with Crippen LogP contribution in [0.3, 0.4) is 0 Å². The number of hydrogen-bond donors (Lipinski definition) is 0. The molecule has 0 radical (unpaired) electrons. The second kappa shape index (κ2) is 7.51. The molecule has 2 aromatic carbocycles. The van der Waals surface area contributed by atoms with E-state index in [-0.39, 0.29) is 11.5 Å². The summed E-state index contributed by atoms with van der Waals surface area (Å²) in [6, 6.07) is 8.34. The number of nitrogens with zero attached hydrogens (tertiary/aromatic N) is 1. The minimum atomic E-state index is -0.991. The van der Waals surface area contributed by atoms with Crippen molar-refractivity contribution < 1.29 is 19.2 Å². The van der Waals surface area contributed by atoms with Gasteiger partial charge in [-0.1, -0.05) is 30.2 Å². The van der Waals surface area contributed by atoms with Crippen molar-refractivity contribution in [3.05, 3.63) is 62.2 Å². The zero-order chi connectivity index (χ0) is 21.6. The van der Waals surface area contributed by atoms with Crippen molar-refractivity contribution in [3.63, 3.8) is 0 Å². The van der Waals surface area contributed by atoms with Crippen LogP contribution in [0.25, 0.3) is 11.1 Å². The molecule has 0 aromatic heterocycles. The van der Waals surface area contributed by atoms with Gasteiger partial charge in [0, 0.05) is 22.2 Å².